The second kappa shape index (κ2) is 9.14. The second-order valence-corrected chi connectivity index (χ2v) is 6.24. The van der Waals surface area contributed by atoms with E-state index in [0.717, 1.165) is 5.56 Å². The lowest BCUT2D eigenvalue weighted by molar-refractivity contribution is -0.143. The molecule has 0 atom stereocenters. The SMILES string of the molecule is O=C(COC(=O)/C=C/c1c(Cl)nc2ccccn12)NCCc1ccc(F)cc1. The zero-order chi connectivity index (χ0) is 19.9. The Balaban J connectivity index is 1.44. The van der Waals surface area contributed by atoms with Gasteiger partial charge in [0.1, 0.15) is 11.5 Å². The van der Waals surface area contributed by atoms with Crippen LogP contribution >= 0.6 is 11.6 Å². The van der Waals surface area contributed by atoms with Gasteiger partial charge in [0.2, 0.25) is 0 Å². The fourth-order valence-corrected chi connectivity index (χ4v) is 2.76. The molecule has 1 amide bonds. The van der Waals surface area contributed by atoms with E-state index in [2.05, 4.69) is 10.3 Å². The van der Waals surface area contributed by atoms with E-state index in [4.69, 9.17) is 16.3 Å². The molecule has 0 saturated carbocycles. The second-order valence-electron chi connectivity index (χ2n) is 5.88. The molecule has 0 saturated heterocycles. The third kappa shape index (κ3) is 5.17. The quantitative estimate of drug-likeness (QED) is 0.488. The Kier molecular flexibility index (Phi) is 6.39. The third-order valence-corrected chi connectivity index (χ3v) is 4.17. The summed E-state index contributed by atoms with van der Waals surface area (Å²) in [6, 6.07) is 11.5. The Hall–Kier alpha value is -3.19. The van der Waals surface area contributed by atoms with Crippen molar-refractivity contribution in [3.63, 3.8) is 0 Å². The van der Waals surface area contributed by atoms with Crippen LogP contribution in [0.5, 0.6) is 0 Å². The van der Waals surface area contributed by atoms with Crippen molar-refractivity contribution in [3.8, 4) is 0 Å². The number of esters is 1. The van der Waals surface area contributed by atoms with Crippen molar-refractivity contribution < 1.29 is 18.7 Å². The monoisotopic (exact) mass is 401 g/mol. The fourth-order valence-electron chi connectivity index (χ4n) is 2.52. The van der Waals surface area contributed by atoms with Crippen LogP contribution in [0.2, 0.25) is 5.15 Å². The highest BCUT2D eigenvalue weighted by molar-refractivity contribution is 6.31. The Morgan fingerprint density at radius 3 is 2.79 bits per heavy atom. The average Bonchev–Trinajstić information content (AvgIpc) is 3.01. The van der Waals surface area contributed by atoms with Gasteiger partial charge in [-0.25, -0.2) is 14.2 Å². The predicted molar refractivity (Wildman–Crippen MR) is 103 cm³/mol. The number of hydrogen-bond donors (Lipinski definition) is 1. The zero-order valence-electron chi connectivity index (χ0n) is 14.8. The standard InChI is InChI=1S/C20H17ClFN3O3/c21-20-16(25-12-2-1-3-17(25)24-20)8-9-19(27)28-13-18(26)23-11-10-14-4-6-15(22)7-5-14/h1-9,12H,10-11,13H2,(H,23,26)/b9-8+. The topological polar surface area (TPSA) is 72.7 Å². The molecule has 0 spiro atoms. The molecule has 2 heterocycles. The lowest BCUT2D eigenvalue weighted by atomic mass is 10.1. The normalized spacial score (nSPS) is 11.1. The van der Waals surface area contributed by atoms with Gasteiger partial charge in [-0.15, -0.1) is 0 Å². The summed E-state index contributed by atoms with van der Waals surface area (Å²) < 4.78 is 19.5. The largest absolute Gasteiger partial charge is 0.452 e. The first kappa shape index (κ1) is 19.6. The van der Waals surface area contributed by atoms with Crippen molar-refractivity contribution in [2.45, 2.75) is 6.42 Å². The number of halogens is 2. The number of aromatic nitrogens is 2. The number of carbonyl (C=O) groups is 2. The molecule has 0 fully saturated rings. The Morgan fingerprint density at radius 1 is 1.21 bits per heavy atom. The van der Waals surface area contributed by atoms with Crippen molar-refractivity contribution in [1.82, 2.24) is 14.7 Å². The van der Waals surface area contributed by atoms with Crippen LogP contribution in [0, 0.1) is 5.82 Å². The zero-order valence-corrected chi connectivity index (χ0v) is 15.5. The first-order chi connectivity index (χ1) is 13.5. The van der Waals surface area contributed by atoms with Gasteiger partial charge in [-0.2, -0.15) is 0 Å². The molecule has 28 heavy (non-hydrogen) atoms. The molecular weight excluding hydrogens is 385 g/mol. The van der Waals surface area contributed by atoms with E-state index < -0.39 is 18.5 Å². The van der Waals surface area contributed by atoms with Crippen LogP contribution in [-0.2, 0) is 20.7 Å². The van der Waals surface area contributed by atoms with E-state index in [1.54, 1.807) is 28.8 Å². The number of benzene rings is 1. The van der Waals surface area contributed by atoms with Crippen molar-refractivity contribution in [2.24, 2.45) is 0 Å². The maximum absolute atomic E-state index is 12.8. The van der Waals surface area contributed by atoms with Crippen molar-refractivity contribution >= 4 is 35.2 Å². The first-order valence-electron chi connectivity index (χ1n) is 8.51. The third-order valence-electron chi connectivity index (χ3n) is 3.89. The number of pyridine rings is 1. The number of nitrogens with zero attached hydrogens (tertiary/aromatic N) is 2. The minimum atomic E-state index is -0.671. The molecule has 6 nitrogen and oxygen atoms in total. The molecule has 0 bridgehead atoms. The molecule has 2 aromatic heterocycles. The number of ether oxygens (including phenoxy) is 1. The van der Waals surface area contributed by atoms with Gasteiger partial charge >= 0.3 is 5.97 Å². The van der Waals surface area contributed by atoms with E-state index in [9.17, 15) is 14.0 Å². The lowest BCUT2D eigenvalue weighted by Gasteiger charge is -2.05. The molecule has 0 aliphatic rings. The fraction of sp³-hybridized carbons (Fsp3) is 0.150. The number of rotatable bonds is 7. The summed E-state index contributed by atoms with van der Waals surface area (Å²) in [7, 11) is 0. The molecule has 0 aliphatic carbocycles. The highest BCUT2D eigenvalue weighted by Crippen LogP contribution is 2.18. The summed E-state index contributed by atoms with van der Waals surface area (Å²) >= 11 is 6.07. The van der Waals surface area contributed by atoms with E-state index in [0.29, 0.717) is 24.3 Å². The van der Waals surface area contributed by atoms with Gasteiger partial charge in [-0.1, -0.05) is 29.8 Å². The van der Waals surface area contributed by atoms with Gasteiger partial charge in [0.25, 0.3) is 5.91 Å². The molecule has 8 heteroatoms. The number of fused-ring (bicyclic) bond motifs is 1. The summed E-state index contributed by atoms with van der Waals surface area (Å²) in [6.07, 6.45) is 4.99. The molecule has 1 N–H and O–H groups in total. The summed E-state index contributed by atoms with van der Waals surface area (Å²) in [5.74, 6) is -1.40. The maximum Gasteiger partial charge on any atom is 0.331 e. The highest BCUT2D eigenvalue weighted by Gasteiger charge is 2.09. The minimum absolute atomic E-state index is 0.258. The lowest BCUT2D eigenvalue weighted by Crippen LogP contribution is -2.30. The Morgan fingerprint density at radius 2 is 2.00 bits per heavy atom. The van der Waals surface area contributed by atoms with E-state index >= 15 is 0 Å². The number of imidazole rings is 1. The van der Waals surface area contributed by atoms with Crippen LogP contribution in [-0.4, -0.2) is 34.4 Å². The Bertz CT molecular complexity index is 1020. The van der Waals surface area contributed by atoms with Crippen LogP contribution in [0.3, 0.4) is 0 Å². The van der Waals surface area contributed by atoms with Crippen LogP contribution in [0.15, 0.2) is 54.7 Å². The van der Waals surface area contributed by atoms with Crippen molar-refractivity contribution in [3.05, 3.63) is 77.0 Å². The van der Waals surface area contributed by atoms with Gasteiger partial charge in [0.15, 0.2) is 11.8 Å². The summed E-state index contributed by atoms with van der Waals surface area (Å²) in [4.78, 5) is 27.7. The molecule has 3 aromatic rings. The van der Waals surface area contributed by atoms with Gasteiger partial charge in [-0.05, 0) is 42.3 Å². The summed E-state index contributed by atoms with van der Waals surface area (Å²) in [5.41, 5.74) is 2.09. The van der Waals surface area contributed by atoms with Gasteiger partial charge in [0.05, 0.1) is 5.69 Å². The van der Waals surface area contributed by atoms with Crippen molar-refractivity contribution in [1.29, 1.82) is 0 Å². The molecule has 144 valence electrons. The minimum Gasteiger partial charge on any atom is -0.452 e. The number of hydrogen-bond acceptors (Lipinski definition) is 4. The first-order valence-corrected chi connectivity index (χ1v) is 8.89. The van der Waals surface area contributed by atoms with Crippen molar-refractivity contribution in [2.75, 3.05) is 13.2 Å². The highest BCUT2D eigenvalue weighted by atomic mass is 35.5. The van der Waals surface area contributed by atoms with E-state index in [1.807, 2.05) is 12.1 Å². The average molecular weight is 402 g/mol. The van der Waals surface area contributed by atoms with Gasteiger partial charge < -0.3 is 10.1 Å². The maximum atomic E-state index is 12.8. The number of nitrogens with one attached hydrogen (secondary N) is 1. The smallest absolute Gasteiger partial charge is 0.331 e. The molecule has 0 radical (unpaired) electrons. The number of amides is 1. The van der Waals surface area contributed by atoms with E-state index in [1.165, 1.54) is 24.3 Å². The number of carbonyl (C=O) groups excluding carboxylic acids is 2. The van der Waals surface area contributed by atoms with Crippen LogP contribution < -0.4 is 5.32 Å². The Labute approximate surface area is 165 Å². The molecule has 3 rings (SSSR count). The summed E-state index contributed by atoms with van der Waals surface area (Å²) in [6.45, 7) is -0.0389. The summed E-state index contributed by atoms with van der Waals surface area (Å²) in [5, 5.41) is 2.89. The van der Waals surface area contributed by atoms with Crippen LogP contribution in [0.1, 0.15) is 11.3 Å². The molecular formula is C20H17ClFN3O3. The molecule has 0 aliphatic heterocycles. The van der Waals surface area contributed by atoms with Crippen LogP contribution in [0.4, 0.5) is 4.39 Å². The molecule has 1 aromatic carbocycles. The predicted octanol–water partition coefficient (Wildman–Crippen LogP) is 3.04. The van der Waals surface area contributed by atoms with Gasteiger partial charge in [0, 0.05) is 18.8 Å². The molecule has 0 unspecified atom stereocenters. The van der Waals surface area contributed by atoms with Crippen LogP contribution in [0.25, 0.3) is 11.7 Å². The van der Waals surface area contributed by atoms with Gasteiger partial charge in [-0.3, -0.25) is 9.20 Å². The van der Waals surface area contributed by atoms with E-state index in [-0.39, 0.29) is 11.0 Å².